The molecule has 1 aliphatic heterocycles. The van der Waals surface area contributed by atoms with Crippen LogP contribution >= 0.6 is 12.4 Å². The monoisotopic (exact) mass is 415 g/mol. The van der Waals surface area contributed by atoms with Gasteiger partial charge in [-0.2, -0.15) is 0 Å². The number of likely N-dealkylation sites (tertiary alicyclic amines) is 1. The van der Waals surface area contributed by atoms with Crippen LogP contribution in [0.5, 0.6) is 0 Å². The molecule has 0 bridgehead atoms. The molecule has 0 atom stereocenters. The van der Waals surface area contributed by atoms with Gasteiger partial charge in [0.05, 0.1) is 6.42 Å². The Balaban J connectivity index is 0.00000300. The van der Waals surface area contributed by atoms with Crippen LogP contribution in [-0.4, -0.2) is 40.8 Å². The number of halogens is 1. The van der Waals surface area contributed by atoms with Crippen LogP contribution in [0.25, 0.3) is 11.1 Å². The van der Waals surface area contributed by atoms with Crippen LogP contribution in [0.2, 0.25) is 0 Å². The number of carboxylic acid groups (broad SMARTS) is 1. The Bertz CT molecular complexity index is 858. The molecule has 1 saturated heterocycles. The zero-order valence-electron chi connectivity index (χ0n) is 16.1. The molecule has 1 heterocycles. The zero-order chi connectivity index (χ0) is 20.1. The van der Waals surface area contributed by atoms with E-state index in [4.69, 9.17) is 16.2 Å². The van der Waals surface area contributed by atoms with Crippen LogP contribution in [0.3, 0.4) is 0 Å². The molecule has 29 heavy (non-hydrogen) atoms. The van der Waals surface area contributed by atoms with E-state index in [1.165, 1.54) is 0 Å². The number of nitrogens with two attached hydrogens (primary N) is 1. The summed E-state index contributed by atoms with van der Waals surface area (Å²) in [5, 5.41) is 16.3. The minimum atomic E-state index is -0.763. The molecule has 0 saturated carbocycles. The lowest BCUT2D eigenvalue weighted by molar-refractivity contribution is -0.138. The maximum absolute atomic E-state index is 12.5. The highest BCUT2D eigenvalue weighted by molar-refractivity contribution is 5.95. The molecule has 0 spiro atoms. The standard InChI is InChI=1S/C22H25N3O3.ClH/c23-22(24)19-7-5-18(6-8-19)17-3-1-15(2-4-17)13-20(26)25-11-9-16(10-12-25)14-21(27)28;/h1-8,16H,9-14H2,(H3,23,24)(H,27,28);1H. The third-order valence-corrected chi connectivity index (χ3v) is 5.27. The summed E-state index contributed by atoms with van der Waals surface area (Å²) in [4.78, 5) is 25.2. The van der Waals surface area contributed by atoms with Gasteiger partial charge in [-0.05, 0) is 35.4 Å². The molecule has 0 unspecified atom stereocenters. The van der Waals surface area contributed by atoms with Crippen molar-refractivity contribution in [1.82, 2.24) is 4.90 Å². The predicted molar refractivity (Wildman–Crippen MR) is 115 cm³/mol. The zero-order valence-corrected chi connectivity index (χ0v) is 17.0. The predicted octanol–water partition coefficient (Wildman–Crippen LogP) is 3.32. The van der Waals surface area contributed by atoms with E-state index >= 15 is 0 Å². The van der Waals surface area contributed by atoms with E-state index in [2.05, 4.69) is 0 Å². The van der Waals surface area contributed by atoms with Crippen molar-refractivity contribution < 1.29 is 14.7 Å². The number of amides is 1. The van der Waals surface area contributed by atoms with Crippen LogP contribution < -0.4 is 5.73 Å². The highest BCUT2D eigenvalue weighted by Gasteiger charge is 2.24. The highest BCUT2D eigenvalue weighted by atomic mass is 35.5. The van der Waals surface area contributed by atoms with Gasteiger partial charge in [0.25, 0.3) is 0 Å². The van der Waals surface area contributed by atoms with Gasteiger partial charge in [-0.15, -0.1) is 12.4 Å². The SMILES string of the molecule is Cl.N=C(N)c1ccc(-c2ccc(CC(=O)N3CCC(CC(=O)O)CC3)cc2)cc1. The third kappa shape index (κ3) is 6.06. The minimum Gasteiger partial charge on any atom is -0.481 e. The average molecular weight is 416 g/mol. The topological polar surface area (TPSA) is 107 Å². The van der Waals surface area contributed by atoms with Gasteiger partial charge < -0.3 is 15.7 Å². The van der Waals surface area contributed by atoms with Gasteiger partial charge >= 0.3 is 5.97 Å². The fourth-order valence-corrected chi connectivity index (χ4v) is 3.58. The normalized spacial score (nSPS) is 14.1. The van der Waals surface area contributed by atoms with E-state index in [-0.39, 0.29) is 36.5 Å². The van der Waals surface area contributed by atoms with Gasteiger partial charge in [-0.25, -0.2) is 0 Å². The molecule has 1 amide bonds. The Morgan fingerprint density at radius 2 is 1.52 bits per heavy atom. The van der Waals surface area contributed by atoms with E-state index in [1.54, 1.807) is 0 Å². The average Bonchev–Trinajstić information content (AvgIpc) is 2.69. The number of hydrogen-bond donors (Lipinski definition) is 3. The van der Waals surface area contributed by atoms with Gasteiger partial charge in [0, 0.05) is 25.1 Å². The number of rotatable bonds is 6. The van der Waals surface area contributed by atoms with Crippen molar-refractivity contribution in [2.24, 2.45) is 11.7 Å². The molecule has 0 aliphatic carbocycles. The number of piperidine rings is 1. The summed E-state index contributed by atoms with van der Waals surface area (Å²) < 4.78 is 0. The van der Waals surface area contributed by atoms with Crippen LogP contribution in [-0.2, 0) is 16.0 Å². The Labute approximate surface area is 176 Å². The van der Waals surface area contributed by atoms with Crippen molar-refractivity contribution in [3.8, 4) is 11.1 Å². The number of nitrogens with one attached hydrogen (secondary N) is 1. The molecule has 6 nitrogen and oxygen atoms in total. The first kappa shape index (κ1) is 22.4. The lowest BCUT2D eigenvalue weighted by Crippen LogP contribution is -2.39. The number of hydrogen-bond acceptors (Lipinski definition) is 3. The molecule has 0 aromatic heterocycles. The molecule has 1 aliphatic rings. The molecular formula is C22H26ClN3O3. The third-order valence-electron chi connectivity index (χ3n) is 5.27. The molecule has 2 aromatic carbocycles. The lowest BCUT2D eigenvalue weighted by atomic mass is 9.93. The second kappa shape index (κ2) is 10.1. The van der Waals surface area contributed by atoms with Gasteiger partial charge in [-0.1, -0.05) is 48.5 Å². The number of benzene rings is 2. The van der Waals surface area contributed by atoms with E-state index in [0.717, 1.165) is 29.5 Å². The fourth-order valence-electron chi connectivity index (χ4n) is 3.58. The first-order valence-electron chi connectivity index (χ1n) is 9.45. The summed E-state index contributed by atoms with van der Waals surface area (Å²) in [5.41, 5.74) is 9.21. The molecular weight excluding hydrogens is 390 g/mol. The number of carbonyl (C=O) groups excluding carboxylic acids is 1. The molecule has 1 fully saturated rings. The molecule has 0 radical (unpaired) electrons. The first-order chi connectivity index (χ1) is 13.4. The molecule has 154 valence electrons. The summed E-state index contributed by atoms with van der Waals surface area (Å²) in [6.45, 7) is 1.27. The van der Waals surface area contributed by atoms with Crippen LogP contribution in [0.15, 0.2) is 48.5 Å². The minimum absolute atomic E-state index is 0. The van der Waals surface area contributed by atoms with Crippen LogP contribution in [0.1, 0.15) is 30.4 Å². The Morgan fingerprint density at radius 3 is 2.00 bits per heavy atom. The van der Waals surface area contributed by atoms with Crippen molar-refractivity contribution in [3.05, 3.63) is 59.7 Å². The smallest absolute Gasteiger partial charge is 0.303 e. The molecule has 2 aromatic rings. The summed E-state index contributed by atoms with van der Waals surface area (Å²) in [5.74, 6) is -0.448. The van der Waals surface area contributed by atoms with E-state index in [1.807, 2.05) is 53.4 Å². The summed E-state index contributed by atoms with van der Waals surface area (Å²) in [6, 6.07) is 15.4. The lowest BCUT2D eigenvalue weighted by Gasteiger charge is -2.31. The summed E-state index contributed by atoms with van der Waals surface area (Å²) in [6.07, 6.45) is 2.06. The highest BCUT2D eigenvalue weighted by Crippen LogP contribution is 2.23. The van der Waals surface area contributed by atoms with Crippen molar-refractivity contribution in [1.29, 1.82) is 5.41 Å². The van der Waals surface area contributed by atoms with Gasteiger partial charge in [-0.3, -0.25) is 15.0 Å². The molecule has 3 rings (SSSR count). The maximum atomic E-state index is 12.5. The largest absolute Gasteiger partial charge is 0.481 e. The van der Waals surface area contributed by atoms with Crippen molar-refractivity contribution in [2.75, 3.05) is 13.1 Å². The quantitative estimate of drug-likeness (QED) is 0.496. The van der Waals surface area contributed by atoms with E-state index in [9.17, 15) is 9.59 Å². The number of carbonyl (C=O) groups is 2. The van der Waals surface area contributed by atoms with Crippen molar-refractivity contribution in [2.45, 2.75) is 25.7 Å². The number of amidine groups is 1. The second-order valence-electron chi connectivity index (χ2n) is 7.29. The van der Waals surface area contributed by atoms with Gasteiger partial charge in [0.2, 0.25) is 5.91 Å². The number of carboxylic acids is 1. The van der Waals surface area contributed by atoms with Crippen molar-refractivity contribution in [3.63, 3.8) is 0 Å². The Morgan fingerprint density at radius 1 is 1.00 bits per heavy atom. The van der Waals surface area contributed by atoms with Crippen molar-refractivity contribution >= 4 is 30.1 Å². The maximum Gasteiger partial charge on any atom is 0.303 e. The molecule has 4 N–H and O–H groups in total. The first-order valence-corrected chi connectivity index (χ1v) is 9.45. The van der Waals surface area contributed by atoms with Crippen LogP contribution in [0.4, 0.5) is 0 Å². The Kier molecular flexibility index (Phi) is 7.79. The van der Waals surface area contributed by atoms with E-state index < -0.39 is 5.97 Å². The number of nitrogen functional groups attached to an aromatic ring is 1. The van der Waals surface area contributed by atoms with Gasteiger partial charge in [0.1, 0.15) is 5.84 Å². The van der Waals surface area contributed by atoms with E-state index in [0.29, 0.717) is 25.1 Å². The summed E-state index contributed by atoms with van der Waals surface area (Å²) in [7, 11) is 0. The molecule has 7 heteroatoms. The van der Waals surface area contributed by atoms with Gasteiger partial charge in [0.15, 0.2) is 0 Å². The summed E-state index contributed by atoms with van der Waals surface area (Å²) >= 11 is 0. The second-order valence-corrected chi connectivity index (χ2v) is 7.29. The number of nitrogens with zero attached hydrogens (tertiary/aromatic N) is 1. The van der Waals surface area contributed by atoms with Crippen LogP contribution in [0, 0.1) is 11.3 Å². The Hall–Kier alpha value is -2.86. The fraction of sp³-hybridized carbons (Fsp3) is 0.318. The number of aliphatic carboxylic acids is 1.